The van der Waals surface area contributed by atoms with Crippen LogP contribution in [-0.2, 0) is 0 Å². The largest absolute Gasteiger partial charge is 0.497 e. The summed E-state index contributed by atoms with van der Waals surface area (Å²) in [6, 6.07) is 22.0. The van der Waals surface area contributed by atoms with Gasteiger partial charge in [-0.2, -0.15) is 0 Å². The summed E-state index contributed by atoms with van der Waals surface area (Å²) < 4.78 is 5.50. The number of fused-ring (bicyclic) bond motifs is 1. The summed E-state index contributed by atoms with van der Waals surface area (Å²) in [6.45, 7) is 6.50. The van der Waals surface area contributed by atoms with Gasteiger partial charge in [0.1, 0.15) is 5.75 Å². The van der Waals surface area contributed by atoms with Crippen LogP contribution < -0.4 is 10.1 Å². The first-order chi connectivity index (χ1) is 13.2. The molecule has 1 N–H and O–H groups in total. The van der Waals surface area contributed by atoms with E-state index >= 15 is 0 Å². The predicted octanol–water partition coefficient (Wildman–Crippen LogP) is 4.02. The Bertz CT molecular complexity index is 926. The number of pyridine rings is 1. The van der Waals surface area contributed by atoms with Gasteiger partial charge in [0.25, 0.3) is 0 Å². The van der Waals surface area contributed by atoms with E-state index in [4.69, 9.17) is 9.72 Å². The Morgan fingerprint density at radius 3 is 2.78 bits per heavy atom. The predicted molar refractivity (Wildman–Crippen MR) is 110 cm³/mol. The molecule has 0 aliphatic carbocycles. The van der Waals surface area contributed by atoms with E-state index in [-0.39, 0.29) is 6.04 Å². The van der Waals surface area contributed by atoms with E-state index in [9.17, 15) is 0 Å². The van der Waals surface area contributed by atoms with Crippen LogP contribution in [0.2, 0.25) is 0 Å². The van der Waals surface area contributed by atoms with Gasteiger partial charge in [-0.25, -0.2) is 0 Å². The van der Waals surface area contributed by atoms with Gasteiger partial charge in [-0.1, -0.05) is 36.4 Å². The van der Waals surface area contributed by atoms with Crippen LogP contribution in [0.5, 0.6) is 5.75 Å². The zero-order valence-corrected chi connectivity index (χ0v) is 16.2. The number of benzene rings is 2. The normalized spacial score (nSPS) is 21.9. The summed E-state index contributed by atoms with van der Waals surface area (Å²) in [5, 5.41) is 4.76. The second-order valence-corrected chi connectivity index (χ2v) is 7.46. The molecule has 4 nitrogen and oxygen atoms in total. The summed E-state index contributed by atoms with van der Waals surface area (Å²) >= 11 is 0. The molecule has 0 bridgehead atoms. The van der Waals surface area contributed by atoms with Gasteiger partial charge in [-0.3, -0.25) is 9.88 Å². The Hall–Kier alpha value is -2.43. The van der Waals surface area contributed by atoms with Crippen molar-refractivity contribution in [2.75, 3.05) is 20.2 Å². The van der Waals surface area contributed by atoms with Gasteiger partial charge in [-0.15, -0.1) is 0 Å². The first kappa shape index (κ1) is 18.0. The van der Waals surface area contributed by atoms with Crippen molar-refractivity contribution < 1.29 is 4.74 Å². The van der Waals surface area contributed by atoms with Crippen molar-refractivity contribution in [2.24, 2.45) is 0 Å². The Labute approximate surface area is 161 Å². The number of para-hydroxylation sites is 1. The Balaban J connectivity index is 1.83. The molecule has 1 aliphatic rings. The van der Waals surface area contributed by atoms with Crippen molar-refractivity contribution in [3.05, 3.63) is 71.9 Å². The van der Waals surface area contributed by atoms with E-state index in [1.54, 1.807) is 7.11 Å². The number of nitrogens with one attached hydrogen (secondary N) is 1. The molecule has 27 heavy (non-hydrogen) atoms. The highest BCUT2D eigenvalue weighted by molar-refractivity contribution is 5.78. The minimum Gasteiger partial charge on any atom is -0.497 e. The minimum absolute atomic E-state index is 0.101. The highest BCUT2D eigenvalue weighted by Gasteiger charge is 2.32. The number of piperazine rings is 1. The molecule has 4 heteroatoms. The molecule has 1 aliphatic heterocycles. The highest BCUT2D eigenvalue weighted by atomic mass is 16.5. The average Bonchev–Trinajstić information content (AvgIpc) is 2.71. The Kier molecular flexibility index (Phi) is 5.10. The van der Waals surface area contributed by atoms with E-state index < -0.39 is 0 Å². The van der Waals surface area contributed by atoms with Crippen molar-refractivity contribution in [3.63, 3.8) is 0 Å². The second-order valence-electron chi connectivity index (χ2n) is 7.46. The van der Waals surface area contributed by atoms with Crippen LogP contribution in [0.25, 0.3) is 10.9 Å². The summed E-state index contributed by atoms with van der Waals surface area (Å²) in [5.74, 6) is 0.883. The molecular weight excluding hydrogens is 334 g/mol. The maximum Gasteiger partial charge on any atom is 0.119 e. The van der Waals surface area contributed by atoms with Gasteiger partial charge in [-0.05, 0) is 43.7 Å². The molecule has 3 unspecified atom stereocenters. The third-order valence-electron chi connectivity index (χ3n) is 5.45. The summed E-state index contributed by atoms with van der Waals surface area (Å²) in [6.07, 6.45) is 0. The molecule has 1 aromatic heterocycles. The summed E-state index contributed by atoms with van der Waals surface area (Å²) in [5.41, 5.74) is 3.35. The number of aromatic nitrogens is 1. The number of nitrogens with zero attached hydrogens (tertiary/aromatic N) is 2. The van der Waals surface area contributed by atoms with Crippen LogP contribution in [0.4, 0.5) is 0 Å². The van der Waals surface area contributed by atoms with Crippen molar-refractivity contribution in [2.45, 2.75) is 32.0 Å². The highest BCUT2D eigenvalue weighted by Crippen LogP contribution is 2.33. The van der Waals surface area contributed by atoms with Gasteiger partial charge in [0.05, 0.1) is 24.4 Å². The molecule has 0 radical (unpaired) electrons. The third-order valence-corrected chi connectivity index (χ3v) is 5.45. The van der Waals surface area contributed by atoms with Crippen LogP contribution in [0.1, 0.15) is 31.1 Å². The molecule has 4 rings (SSSR count). The zero-order chi connectivity index (χ0) is 18.8. The minimum atomic E-state index is 0.101. The van der Waals surface area contributed by atoms with Crippen molar-refractivity contribution >= 4 is 10.9 Å². The summed E-state index contributed by atoms with van der Waals surface area (Å²) in [7, 11) is 1.72. The van der Waals surface area contributed by atoms with E-state index in [0.717, 1.165) is 30.0 Å². The van der Waals surface area contributed by atoms with Crippen molar-refractivity contribution in [3.8, 4) is 5.75 Å². The monoisotopic (exact) mass is 361 g/mol. The topological polar surface area (TPSA) is 37.4 Å². The number of rotatable bonds is 4. The fourth-order valence-corrected chi connectivity index (χ4v) is 3.99. The molecule has 0 spiro atoms. The third kappa shape index (κ3) is 3.68. The molecule has 140 valence electrons. The lowest BCUT2D eigenvalue weighted by atomic mass is 9.96. The number of ether oxygens (including phenoxy) is 1. The van der Waals surface area contributed by atoms with Crippen LogP contribution in [0, 0.1) is 0 Å². The smallest absolute Gasteiger partial charge is 0.119 e. The van der Waals surface area contributed by atoms with Gasteiger partial charge in [0.15, 0.2) is 0 Å². The van der Waals surface area contributed by atoms with E-state index in [2.05, 4.69) is 78.7 Å². The molecule has 3 atom stereocenters. The zero-order valence-electron chi connectivity index (χ0n) is 16.2. The first-order valence-electron chi connectivity index (χ1n) is 9.64. The van der Waals surface area contributed by atoms with Crippen LogP contribution in [0.3, 0.4) is 0 Å². The maximum absolute atomic E-state index is 5.50. The fraction of sp³-hybridized carbons (Fsp3) is 0.348. The van der Waals surface area contributed by atoms with Crippen LogP contribution in [0.15, 0.2) is 60.7 Å². The molecule has 2 heterocycles. The number of methoxy groups -OCH3 is 1. The van der Waals surface area contributed by atoms with Gasteiger partial charge in [0, 0.05) is 30.6 Å². The Morgan fingerprint density at radius 1 is 1.07 bits per heavy atom. The van der Waals surface area contributed by atoms with Gasteiger partial charge >= 0.3 is 0 Å². The van der Waals surface area contributed by atoms with Crippen molar-refractivity contribution in [1.82, 2.24) is 15.2 Å². The lowest BCUT2D eigenvalue weighted by Gasteiger charge is -2.42. The van der Waals surface area contributed by atoms with Crippen LogP contribution in [-0.4, -0.2) is 42.2 Å². The molecular formula is C23H27N3O. The maximum atomic E-state index is 5.50. The standard InChI is InChI=1S/C23H27N3O/c1-16-15-26(17(2)14-24-16)23(19-8-6-9-20(13-19)27-3)22-12-11-18-7-4-5-10-21(18)25-22/h4-13,16-17,23-24H,14-15H2,1-3H3. The molecule has 1 fully saturated rings. The fourth-order valence-electron chi connectivity index (χ4n) is 3.99. The molecule has 0 amide bonds. The molecule has 2 aromatic carbocycles. The van der Waals surface area contributed by atoms with Crippen LogP contribution >= 0.6 is 0 Å². The second kappa shape index (κ2) is 7.67. The van der Waals surface area contributed by atoms with E-state index in [0.29, 0.717) is 12.1 Å². The van der Waals surface area contributed by atoms with Gasteiger partial charge < -0.3 is 10.1 Å². The SMILES string of the molecule is COc1cccc(C(c2ccc3ccccc3n2)N2CC(C)NCC2C)c1. The first-order valence-corrected chi connectivity index (χ1v) is 9.64. The lowest BCUT2D eigenvalue weighted by Crippen LogP contribution is -2.55. The molecule has 1 saturated heterocycles. The number of hydrogen-bond acceptors (Lipinski definition) is 4. The van der Waals surface area contributed by atoms with E-state index in [1.165, 1.54) is 10.9 Å². The summed E-state index contributed by atoms with van der Waals surface area (Å²) in [4.78, 5) is 7.60. The lowest BCUT2D eigenvalue weighted by molar-refractivity contribution is 0.111. The van der Waals surface area contributed by atoms with Crippen molar-refractivity contribution in [1.29, 1.82) is 0 Å². The Morgan fingerprint density at radius 2 is 1.93 bits per heavy atom. The quantitative estimate of drug-likeness (QED) is 0.762. The van der Waals surface area contributed by atoms with Gasteiger partial charge in [0.2, 0.25) is 0 Å². The molecule has 0 saturated carbocycles. The van der Waals surface area contributed by atoms with E-state index in [1.807, 2.05) is 6.07 Å². The average molecular weight is 361 g/mol. The number of hydrogen-bond donors (Lipinski definition) is 1. The molecule has 3 aromatic rings.